The summed E-state index contributed by atoms with van der Waals surface area (Å²) in [5, 5.41) is 3.82. The maximum absolute atomic E-state index is 13.0. The van der Waals surface area contributed by atoms with Gasteiger partial charge in [-0.3, -0.25) is 9.78 Å². The van der Waals surface area contributed by atoms with Crippen molar-refractivity contribution in [2.24, 2.45) is 0 Å². The van der Waals surface area contributed by atoms with Crippen molar-refractivity contribution in [1.29, 1.82) is 0 Å². The van der Waals surface area contributed by atoms with Gasteiger partial charge in [-0.05, 0) is 52.4 Å². The molecule has 0 fully saturated rings. The Bertz CT molecular complexity index is 1280. The first-order valence-electron chi connectivity index (χ1n) is 10.3. The Morgan fingerprint density at radius 3 is 2.70 bits per heavy atom. The first kappa shape index (κ1) is 22.9. The molecule has 0 aliphatic heterocycles. The number of benzene rings is 2. The molecular weight excluding hydrogens is 449 g/mol. The molecule has 0 radical (unpaired) electrons. The number of hydrogen-bond acceptors (Lipinski definition) is 4. The summed E-state index contributed by atoms with van der Waals surface area (Å²) < 4.78 is 45.0. The quantitative estimate of drug-likeness (QED) is 0.340. The van der Waals surface area contributed by atoms with Crippen LogP contribution in [-0.4, -0.2) is 31.2 Å². The number of ether oxygens (including phenoxy) is 1. The zero-order valence-corrected chi connectivity index (χ0v) is 18.6. The molecular formula is C25H21F3N2O2S. The normalized spacial score (nSPS) is 11.6. The number of alkyl halides is 3. The van der Waals surface area contributed by atoms with E-state index in [1.165, 1.54) is 17.5 Å². The fourth-order valence-electron chi connectivity index (χ4n) is 3.57. The highest BCUT2D eigenvalue weighted by Gasteiger charge is 2.32. The molecule has 0 saturated heterocycles. The number of carbonyl (C=O) groups excluding carboxylic acids is 1. The number of amides is 1. The third-order valence-electron chi connectivity index (χ3n) is 5.12. The molecule has 0 saturated carbocycles. The van der Waals surface area contributed by atoms with E-state index in [1.807, 2.05) is 42.5 Å². The predicted octanol–water partition coefficient (Wildman–Crippen LogP) is 5.95. The number of aromatic nitrogens is 1. The minimum absolute atomic E-state index is 0.175. The predicted molar refractivity (Wildman–Crippen MR) is 124 cm³/mol. The lowest BCUT2D eigenvalue weighted by atomic mass is 10.0. The summed E-state index contributed by atoms with van der Waals surface area (Å²) in [5.74, 6) is -0.175. The molecule has 0 bridgehead atoms. The van der Waals surface area contributed by atoms with Crippen molar-refractivity contribution in [3.63, 3.8) is 0 Å². The Balaban J connectivity index is 1.63. The summed E-state index contributed by atoms with van der Waals surface area (Å²) in [7, 11) is 1.58. The highest BCUT2D eigenvalue weighted by Crippen LogP contribution is 2.36. The van der Waals surface area contributed by atoms with Gasteiger partial charge < -0.3 is 10.1 Å². The largest absolute Gasteiger partial charge is 0.433 e. The Morgan fingerprint density at radius 2 is 1.91 bits per heavy atom. The van der Waals surface area contributed by atoms with Gasteiger partial charge in [-0.2, -0.15) is 13.2 Å². The van der Waals surface area contributed by atoms with Crippen LogP contribution in [-0.2, 0) is 17.3 Å². The summed E-state index contributed by atoms with van der Waals surface area (Å²) >= 11 is 1.54. The average molecular weight is 471 g/mol. The topological polar surface area (TPSA) is 51.2 Å². The van der Waals surface area contributed by atoms with Gasteiger partial charge in [-0.15, -0.1) is 11.3 Å². The second-order valence-electron chi connectivity index (χ2n) is 7.49. The summed E-state index contributed by atoms with van der Waals surface area (Å²) in [4.78, 5) is 16.8. The number of pyridine rings is 1. The highest BCUT2D eigenvalue weighted by atomic mass is 32.1. The Morgan fingerprint density at radius 1 is 1.09 bits per heavy atom. The first-order valence-corrected chi connectivity index (χ1v) is 11.1. The molecule has 0 atom stereocenters. The van der Waals surface area contributed by atoms with Crippen molar-refractivity contribution in [2.45, 2.75) is 12.6 Å². The molecule has 33 heavy (non-hydrogen) atoms. The Kier molecular flexibility index (Phi) is 6.76. The molecule has 4 nitrogen and oxygen atoms in total. The molecule has 2 aromatic heterocycles. The smallest absolute Gasteiger partial charge is 0.383 e. The van der Waals surface area contributed by atoms with Crippen molar-refractivity contribution >= 4 is 27.3 Å². The van der Waals surface area contributed by atoms with Crippen LogP contribution < -0.4 is 5.32 Å². The molecule has 1 N–H and O–H groups in total. The van der Waals surface area contributed by atoms with Crippen LogP contribution in [0.4, 0.5) is 13.2 Å². The van der Waals surface area contributed by atoms with Gasteiger partial charge in [0.05, 0.1) is 6.61 Å². The minimum Gasteiger partial charge on any atom is -0.383 e. The monoisotopic (exact) mass is 470 g/mol. The zero-order valence-electron chi connectivity index (χ0n) is 17.8. The lowest BCUT2D eigenvalue weighted by Crippen LogP contribution is -2.26. The van der Waals surface area contributed by atoms with Crippen LogP contribution in [0, 0.1) is 0 Å². The number of fused-ring (bicyclic) bond motifs is 1. The molecule has 0 aliphatic rings. The van der Waals surface area contributed by atoms with E-state index in [2.05, 4.69) is 10.3 Å². The second kappa shape index (κ2) is 9.72. The Labute approximate surface area is 193 Å². The van der Waals surface area contributed by atoms with Gasteiger partial charge >= 0.3 is 6.18 Å². The second-order valence-corrected chi connectivity index (χ2v) is 8.63. The van der Waals surface area contributed by atoms with Crippen molar-refractivity contribution < 1.29 is 22.7 Å². The number of thiophene rings is 1. The third kappa shape index (κ3) is 5.40. The highest BCUT2D eigenvalue weighted by molar-refractivity contribution is 7.19. The number of carbonyl (C=O) groups is 1. The fraction of sp³-hybridized carbons (Fsp3) is 0.200. The molecule has 1 amide bonds. The average Bonchev–Trinajstić information content (AvgIpc) is 3.21. The maximum Gasteiger partial charge on any atom is 0.433 e. The van der Waals surface area contributed by atoms with Gasteiger partial charge in [-0.1, -0.05) is 30.3 Å². The van der Waals surface area contributed by atoms with Gasteiger partial charge in [-0.25, -0.2) is 0 Å². The molecule has 4 rings (SSSR count). The van der Waals surface area contributed by atoms with Crippen LogP contribution in [0.25, 0.3) is 21.2 Å². The van der Waals surface area contributed by atoms with E-state index in [-0.39, 0.29) is 5.91 Å². The third-order valence-corrected chi connectivity index (χ3v) is 6.30. The molecule has 4 aromatic rings. The minimum atomic E-state index is -4.47. The van der Waals surface area contributed by atoms with Crippen LogP contribution in [0.2, 0.25) is 0 Å². The van der Waals surface area contributed by atoms with Crippen LogP contribution in [0.1, 0.15) is 26.5 Å². The van der Waals surface area contributed by atoms with Crippen molar-refractivity contribution in [2.75, 3.05) is 20.3 Å². The number of methoxy groups -OCH3 is 1. The summed E-state index contributed by atoms with van der Waals surface area (Å²) in [6, 6.07) is 18.0. The fourth-order valence-corrected chi connectivity index (χ4v) is 4.80. The lowest BCUT2D eigenvalue weighted by Gasteiger charge is -2.08. The first-order chi connectivity index (χ1) is 15.8. The van der Waals surface area contributed by atoms with E-state index in [0.29, 0.717) is 30.7 Å². The molecule has 170 valence electrons. The molecule has 8 heteroatoms. The number of hydrogen-bond donors (Lipinski definition) is 1. The summed E-state index contributed by atoms with van der Waals surface area (Å²) in [6.45, 7) is 0.860. The van der Waals surface area contributed by atoms with E-state index >= 15 is 0 Å². The van der Waals surface area contributed by atoms with E-state index in [9.17, 15) is 18.0 Å². The molecule has 0 unspecified atom stereocenters. The van der Waals surface area contributed by atoms with Crippen LogP contribution in [0.3, 0.4) is 0 Å². The van der Waals surface area contributed by atoms with Gasteiger partial charge in [0.25, 0.3) is 5.91 Å². The molecule has 2 heterocycles. The van der Waals surface area contributed by atoms with Crippen molar-refractivity contribution in [1.82, 2.24) is 10.3 Å². The molecule has 0 aliphatic carbocycles. The van der Waals surface area contributed by atoms with Crippen LogP contribution >= 0.6 is 11.3 Å². The van der Waals surface area contributed by atoms with Crippen LogP contribution in [0.15, 0.2) is 66.9 Å². The van der Waals surface area contributed by atoms with E-state index in [0.717, 1.165) is 32.2 Å². The standard InChI is InChI=1S/C25H21F3N2O2S/c1-32-11-10-30-24(31)19-6-2-4-17(14-19)21-7-3-5-18-15-20(33-23(18)21)12-16-8-9-29-22(13-16)25(26,27)28/h2-9,13-15H,10-12H2,1H3,(H,30,31). The van der Waals surface area contributed by atoms with Gasteiger partial charge in [0.2, 0.25) is 0 Å². The van der Waals surface area contributed by atoms with Gasteiger partial charge in [0, 0.05) is 41.4 Å². The van der Waals surface area contributed by atoms with Crippen molar-refractivity contribution in [3.8, 4) is 11.1 Å². The Hall–Kier alpha value is -3.23. The van der Waals surface area contributed by atoms with E-state index < -0.39 is 11.9 Å². The number of rotatable bonds is 7. The lowest BCUT2D eigenvalue weighted by molar-refractivity contribution is -0.141. The summed E-state index contributed by atoms with van der Waals surface area (Å²) in [6.07, 6.45) is -2.89. The number of nitrogens with one attached hydrogen (secondary N) is 1. The van der Waals surface area contributed by atoms with Crippen molar-refractivity contribution in [3.05, 3.63) is 88.6 Å². The maximum atomic E-state index is 13.0. The van der Waals surface area contributed by atoms with Crippen LogP contribution in [0.5, 0.6) is 0 Å². The van der Waals surface area contributed by atoms with Gasteiger partial charge in [0.15, 0.2) is 0 Å². The van der Waals surface area contributed by atoms with E-state index in [1.54, 1.807) is 19.2 Å². The molecule has 0 spiro atoms. The zero-order chi connectivity index (χ0) is 23.4. The van der Waals surface area contributed by atoms with Gasteiger partial charge in [0.1, 0.15) is 5.69 Å². The summed E-state index contributed by atoms with van der Waals surface area (Å²) in [5.41, 5.74) is 2.09. The SMILES string of the molecule is COCCNC(=O)c1cccc(-c2cccc3cc(Cc4ccnc(C(F)(F)F)c4)sc23)c1. The number of nitrogens with zero attached hydrogens (tertiary/aromatic N) is 1. The number of halogens is 3. The van der Waals surface area contributed by atoms with E-state index in [4.69, 9.17) is 4.74 Å². The molecule has 2 aromatic carbocycles.